The lowest BCUT2D eigenvalue weighted by molar-refractivity contribution is -0.144. The summed E-state index contributed by atoms with van der Waals surface area (Å²) in [4.78, 5) is 36.3. The molecule has 0 atom stereocenters. The summed E-state index contributed by atoms with van der Waals surface area (Å²) in [5.41, 5.74) is 3.28. The molecular formula is C24H22O6. The molecular weight excluding hydrogens is 384 g/mol. The number of carbonyl (C=O) groups is 2. The molecule has 0 spiro atoms. The maximum Gasteiger partial charge on any atom is 0.336 e. The number of phenols is 1. The van der Waals surface area contributed by atoms with Gasteiger partial charge < -0.3 is 14.3 Å². The van der Waals surface area contributed by atoms with E-state index >= 15 is 0 Å². The lowest BCUT2D eigenvalue weighted by Gasteiger charge is -2.16. The maximum atomic E-state index is 12.5. The van der Waals surface area contributed by atoms with E-state index in [4.69, 9.17) is 9.15 Å². The van der Waals surface area contributed by atoms with Crippen LogP contribution in [-0.2, 0) is 29.0 Å². The van der Waals surface area contributed by atoms with E-state index in [0.717, 1.165) is 19.3 Å². The van der Waals surface area contributed by atoms with Crippen molar-refractivity contribution >= 4 is 22.7 Å². The number of esters is 1. The monoisotopic (exact) mass is 406 g/mol. The first-order valence-corrected chi connectivity index (χ1v) is 10.1. The summed E-state index contributed by atoms with van der Waals surface area (Å²) < 4.78 is 10.3. The Balaban J connectivity index is 1.36. The van der Waals surface area contributed by atoms with Crippen LogP contribution in [0.1, 0.15) is 52.7 Å². The van der Waals surface area contributed by atoms with Crippen molar-refractivity contribution in [3.63, 3.8) is 0 Å². The third-order valence-electron chi connectivity index (χ3n) is 5.43. The van der Waals surface area contributed by atoms with Crippen LogP contribution in [0.4, 0.5) is 0 Å². The highest BCUT2D eigenvalue weighted by Gasteiger charge is 2.15. The summed E-state index contributed by atoms with van der Waals surface area (Å²) in [5.74, 6) is -0.622. The normalized spacial score (nSPS) is 13.1. The van der Waals surface area contributed by atoms with E-state index in [0.29, 0.717) is 16.5 Å². The Kier molecular flexibility index (Phi) is 5.65. The fraction of sp³-hybridized carbons (Fsp3) is 0.292. The number of aryl methyl sites for hydroxylation is 2. The summed E-state index contributed by atoms with van der Waals surface area (Å²) in [6.45, 7) is -0.112. The van der Waals surface area contributed by atoms with Crippen LogP contribution in [0.3, 0.4) is 0 Å². The molecule has 6 heteroatoms. The van der Waals surface area contributed by atoms with Gasteiger partial charge in [-0.05, 0) is 55.0 Å². The molecule has 6 nitrogen and oxygen atoms in total. The Morgan fingerprint density at radius 1 is 0.967 bits per heavy atom. The number of Topliss-reactive ketones (excluding diaryl/α,β-unsaturated/α-hetero) is 1. The zero-order valence-corrected chi connectivity index (χ0v) is 16.5. The van der Waals surface area contributed by atoms with Crippen molar-refractivity contribution < 1.29 is 23.8 Å². The topological polar surface area (TPSA) is 93.8 Å². The van der Waals surface area contributed by atoms with Crippen molar-refractivity contribution in [2.75, 3.05) is 0 Å². The van der Waals surface area contributed by atoms with Crippen molar-refractivity contribution in [2.24, 2.45) is 0 Å². The van der Waals surface area contributed by atoms with Crippen molar-refractivity contribution in [1.82, 2.24) is 0 Å². The SMILES string of the molecule is O=C(CCC(=O)c1ccc2c(c1)CCCC2)OCc1cc(=O)oc2cc(O)ccc12. The number of ether oxygens (including phenoxy) is 1. The van der Waals surface area contributed by atoms with Gasteiger partial charge in [-0.15, -0.1) is 0 Å². The van der Waals surface area contributed by atoms with Gasteiger partial charge in [0.25, 0.3) is 0 Å². The highest BCUT2D eigenvalue weighted by Crippen LogP contribution is 2.24. The smallest absolute Gasteiger partial charge is 0.336 e. The number of fused-ring (bicyclic) bond motifs is 2. The molecule has 30 heavy (non-hydrogen) atoms. The zero-order valence-electron chi connectivity index (χ0n) is 16.5. The number of hydrogen-bond acceptors (Lipinski definition) is 6. The lowest BCUT2D eigenvalue weighted by Crippen LogP contribution is -2.10. The van der Waals surface area contributed by atoms with Crippen molar-refractivity contribution in [3.8, 4) is 5.75 Å². The molecule has 1 aromatic heterocycles. The van der Waals surface area contributed by atoms with Gasteiger partial charge in [0, 0.05) is 35.1 Å². The molecule has 154 valence electrons. The molecule has 1 aliphatic rings. The second kappa shape index (κ2) is 8.53. The number of hydrogen-bond donors (Lipinski definition) is 1. The molecule has 0 amide bonds. The fourth-order valence-corrected chi connectivity index (χ4v) is 3.84. The summed E-state index contributed by atoms with van der Waals surface area (Å²) in [6, 6.07) is 11.4. The van der Waals surface area contributed by atoms with E-state index in [-0.39, 0.29) is 36.6 Å². The van der Waals surface area contributed by atoms with Crippen LogP contribution < -0.4 is 5.63 Å². The number of rotatable bonds is 6. The van der Waals surface area contributed by atoms with Crippen LogP contribution in [0.25, 0.3) is 11.0 Å². The molecule has 4 rings (SSSR count). The number of benzene rings is 2. The predicted octanol–water partition coefficient (Wildman–Crippen LogP) is 4.08. The van der Waals surface area contributed by atoms with E-state index in [2.05, 4.69) is 0 Å². The summed E-state index contributed by atoms with van der Waals surface area (Å²) in [6.07, 6.45) is 4.42. The molecule has 1 aliphatic carbocycles. The van der Waals surface area contributed by atoms with Crippen molar-refractivity contribution in [1.29, 1.82) is 0 Å². The Morgan fingerprint density at radius 2 is 1.77 bits per heavy atom. The van der Waals surface area contributed by atoms with Crippen molar-refractivity contribution in [2.45, 2.75) is 45.1 Å². The fourth-order valence-electron chi connectivity index (χ4n) is 3.84. The van der Waals surface area contributed by atoms with Gasteiger partial charge in [-0.3, -0.25) is 9.59 Å². The first-order chi connectivity index (χ1) is 14.5. The van der Waals surface area contributed by atoms with E-state index < -0.39 is 11.6 Å². The minimum absolute atomic E-state index is 0.0273. The predicted molar refractivity (Wildman–Crippen MR) is 111 cm³/mol. The van der Waals surface area contributed by atoms with E-state index in [1.165, 1.54) is 35.7 Å². The van der Waals surface area contributed by atoms with Crippen molar-refractivity contribution in [3.05, 3.63) is 75.1 Å². The van der Waals surface area contributed by atoms with Gasteiger partial charge >= 0.3 is 11.6 Å². The number of ketones is 1. The lowest BCUT2D eigenvalue weighted by atomic mass is 9.89. The number of phenolic OH excluding ortho intramolecular Hbond substituents is 1. The molecule has 0 saturated carbocycles. The highest BCUT2D eigenvalue weighted by molar-refractivity contribution is 5.97. The molecule has 0 unspecified atom stereocenters. The molecule has 0 saturated heterocycles. The third kappa shape index (κ3) is 4.43. The van der Waals surface area contributed by atoms with E-state index in [1.807, 2.05) is 18.2 Å². The van der Waals surface area contributed by atoms with Gasteiger partial charge in [-0.1, -0.05) is 12.1 Å². The minimum Gasteiger partial charge on any atom is -0.508 e. The quantitative estimate of drug-likeness (QED) is 0.377. The van der Waals surface area contributed by atoms with Gasteiger partial charge in [0.2, 0.25) is 0 Å². The third-order valence-corrected chi connectivity index (χ3v) is 5.43. The number of aromatic hydroxyl groups is 1. The molecule has 1 N–H and O–H groups in total. The van der Waals surface area contributed by atoms with Crippen LogP contribution in [0.2, 0.25) is 0 Å². The van der Waals surface area contributed by atoms with Crippen LogP contribution in [0.15, 0.2) is 51.7 Å². The second-order valence-corrected chi connectivity index (χ2v) is 7.55. The summed E-state index contributed by atoms with van der Waals surface area (Å²) >= 11 is 0. The van der Waals surface area contributed by atoms with Crippen LogP contribution in [0, 0.1) is 0 Å². The first-order valence-electron chi connectivity index (χ1n) is 10.1. The van der Waals surface area contributed by atoms with E-state index in [1.54, 1.807) is 6.07 Å². The van der Waals surface area contributed by atoms with Gasteiger partial charge in [0.15, 0.2) is 5.78 Å². The van der Waals surface area contributed by atoms with Crippen LogP contribution in [0.5, 0.6) is 5.75 Å². The Hall–Kier alpha value is -3.41. The zero-order chi connectivity index (χ0) is 21.1. The van der Waals surface area contributed by atoms with E-state index in [9.17, 15) is 19.5 Å². The number of carbonyl (C=O) groups excluding carboxylic acids is 2. The van der Waals surface area contributed by atoms with Crippen LogP contribution in [-0.4, -0.2) is 16.9 Å². The maximum absolute atomic E-state index is 12.5. The van der Waals surface area contributed by atoms with Gasteiger partial charge in [0.05, 0.1) is 6.42 Å². The molecule has 2 aromatic carbocycles. The molecule has 0 aliphatic heterocycles. The molecule has 0 fully saturated rings. The largest absolute Gasteiger partial charge is 0.508 e. The second-order valence-electron chi connectivity index (χ2n) is 7.55. The Morgan fingerprint density at radius 3 is 2.60 bits per heavy atom. The summed E-state index contributed by atoms with van der Waals surface area (Å²) in [7, 11) is 0. The van der Waals surface area contributed by atoms with Gasteiger partial charge in [-0.25, -0.2) is 4.79 Å². The minimum atomic E-state index is -0.596. The Bertz CT molecular complexity index is 1170. The average Bonchev–Trinajstić information content (AvgIpc) is 2.75. The summed E-state index contributed by atoms with van der Waals surface area (Å²) in [5, 5.41) is 10.1. The molecule has 3 aromatic rings. The first kappa shape index (κ1) is 19.9. The average molecular weight is 406 g/mol. The molecule has 1 heterocycles. The highest BCUT2D eigenvalue weighted by atomic mass is 16.5. The standard InChI is InChI=1S/C24H22O6/c25-19-7-8-20-18(12-24(28)30-22(20)13-19)14-29-23(27)10-9-21(26)17-6-5-15-3-1-2-4-16(15)11-17/h5-8,11-13,25H,1-4,9-10,14H2. The van der Waals surface area contributed by atoms with Crippen LogP contribution >= 0.6 is 0 Å². The molecule has 0 radical (unpaired) electrons. The molecule has 0 bridgehead atoms. The van der Waals surface area contributed by atoms with Gasteiger partial charge in [0.1, 0.15) is 17.9 Å². The van der Waals surface area contributed by atoms with Gasteiger partial charge in [-0.2, -0.15) is 0 Å². The Labute approximate surface area is 173 Å².